The van der Waals surface area contributed by atoms with Crippen molar-refractivity contribution in [2.24, 2.45) is 4.99 Å². The molecule has 1 aromatic rings. The average molecular weight is 223 g/mol. The highest BCUT2D eigenvalue weighted by Crippen LogP contribution is 2.21. The zero-order chi connectivity index (χ0) is 11.7. The Morgan fingerprint density at radius 2 is 2.38 bits per heavy atom. The molecular formula is C10H10FN3O2. The zero-order valence-corrected chi connectivity index (χ0v) is 8.61. The van der Waals surface area contributed by atoms with Crippen molar-refractivity contribution in [1.82, 2.24) is 5.32 Å². The van der Waals surface area contributed by atoms with Gasteiger partial charge in [-0.2, -0.15) is 0 Å². The lowest BCUT2D eigenvalue weighted by Crippen LogP contribution is -2.28. The van der Waals surface area contributed by atoms with Gasteiger partial charge in [-0.15, -0.1) is 0 Å². The van der Waals surface area contributed by atoms with Crippen LogP contribution < -0.4 is 5.32 Å². The standard InChI is InChI=1S/C10H10FN3O2/c1-6-5-12-10(13-6)8-3-2-7(11)4-9(8)14(15)16/h2-4,6H,5H2,1H3,(H,12,13). The predicted octanol–water partition coefficient (Wildman–Crippen LogP) is 1.47. The summed E-state index contributed by atoms with van der Waals surface area (Å²) < 4.78 is 12.9. The van der Waals surface area contributed by atoms with Crippen molar-refractivity contribution in [3.05, 3.63) is 39.7 Å². The van der Waals surface area contributed by atoms with Crippen LogP contribution in [-0.4, -0.2) is 23.3 Å². The predicted molar refractivity (Wildman–Crippen MR) is 57.1 cm³/mol. The van der Waals surface area contributed by atoms with Crippen molar-refractivity contribution in [2.45, 2.75) is 13.0 Å². The minimum atomic E-state index is -0.623. The van der Waals surface area contributed by atoms with E-state index < -0.39 is 10.7 Å². The summed E-state index contributed by atoms with van der Waals surface area (Å²) in [5, 5.41) is 13.8. The van der Waals surface area contributed by atoms with Crippen molar-refractivity contribution in [3.63, 3.8) is 0 Å². The Balaban J connectivity index is 2.44. The van der Waals surface area contributed by atoms with Crippen LogP contribution in [0.4, 0.5) is 10.1 Å². The Morgan fingerprint density at radius 3 is 2.94 bits per heavy atom. The normalized spacial score (nSPS) is 19.1. The van der Waals surface area contributed by atoms with Crippen LogP contribution >= 0.6 is 0 Å². The molecule has 1 unspecified atom stereocenters. The fourth-order valence-corrected chi connectivity index (χ4v) is 1.57. The molecule has 1 heterocycles. The summed E-state index contributed by atoms with van der Waals surface area (Å²) in [5.41, 5.74) is 0.0658. The Bertz CT molecular complexity index is 473. The van der Waals surface area contributed by atoms with Crippen LogP contribution in [-0.2, 0) is 0 Å². The van der Waals surface area contributed by atoms with E-state index in [9.17, 15) is 14.5 Å². The van der Waals surface area contributed by atoms with Gasteiger partial charge in [-0.1, -0.05) is 0 Å². The largest absolute Gasteiger partial charge is 0.365 e. The number of nitro benzene ring substituents is 1. The summed E-state index contributed by atoms with van der Waals surface area (Å²) in [6.45, 7) is 2.50. The number of benzene rings is 1. The van der Waals surface area contributed by atoms with E-state index in [1.807, 2.05) is 6.92 Å². The van der Waals surface area contributed by atoms with Gasteiger partial charge in [0.15, 0.2) is 0 Å². The van der Waals surface area contributed by atoms with E-state index in [1.54, 1.807) is 0 Å². The fourth-order valence-electron chi connectivity index (χ4n) is 1.57. The van der Waals surface area contributed by atoms with Crippen LogP contribution in [0.25, 0.3) is 0 Å². The molecule has 2 rings (SSSR count). The monoisotopic (exact) mass is 223 g/mol. The molecule has 0 aliphatic carbocycles. The summed E-state index contributed by atoms with van der Waals surface area (Å²) >= 11 is 0. The summed E-state index contributed by atoms with van der Waals surface area (Å²) in [5.74, 6) is -0.165. The van der Waals surface area contributed by atoms with Crippen molar-refractivity contribution in [1.29, 1.82) is 0 Å². The first-order valence-electron chi connectivity index (χ1n) is 4.83. The van der Waals surface area contributed by atoms with Gasteiger partial charge in [0.25, 0.3) is 5.69 Å². The third kappa shape index (κ3) is 1.86. The van der Waals surface area contributed by atoms with E-state index in [1.165, 1.54) is 12.1 Å². The second-order valence-electron chi connectivity index (χ2n) is 3.65. The van der Waals surface area contributed by atoms with Crippen molar-refractivity contribution >= 4 is 11.5 Å². The number of amidine groups is 1. The summed E-state index contributed by atoms with van der Waals surface area (Å²) in [6, 6.07) is 3.62. The van der Waals surface area contributed by atoms with Gasteiger partial charge in [-0.3, -0.25) is 15.1 Å². The highest BCUT2D eigenvalue weighted by atomic mass is 19.1. The Labute approximate surface area is 91.1 Å². The second kappa shape index (κ2) is 3.88. The average Bonchev–Trinajstić information content (AvgIpc) is 2.64. The molecule has 1 aromatic carbocycles. The molecule has 1 N–H and O–H groups in total. The van der Waals surface area contributed by atoms with Gasteiger partial charge in [-0.25, -0.2) is 4.39 Å². The van der Waals surface area contributed by atoms with Gasteiger partial charge >= 0.3 is 0 Å². The third-order valence-electron chi connectivity index (χ3n) is 2.32. The minimum absolute atomic E-state index is 0.152. The van der Waals surface area contributed by atoms with Crippen molar-refractivity contribution in [2.75, 3.05) is 6.54 Å². The van der Waals surface area contributed by atoms with Gasteiger partial charge < -0.3 is 5.32 Å². The van der Waals surface area contributed by atoms with E-state index in [0.29, 0.717) is 17.9 Å². The molecule has 0 saturated carbocycles. The minimum Gasteiger partial charge on any atom is -0.365 e. The molecule has 16 heavy (non-hydrogen) atoms. The highest BCUT2D eigenvalue weighted by Gasteiger charge is 2.23. The lowest BCUT2D eigenvalue weighted by atomic mass is 10.1. The molecule has 0 bridgehead atoms. The lowest BCUT2D eigenvalue weighted by molar-refractivity contribution is -0.385. The van der Waals surface area contributed by atoms with E-state index in [0.717, 1.165) is 6.07 Å². The third-order valence-corrected chi connectivity index (χ3v) is 2.32. The smallest absolute Gasteiger partial charge is 0.283 e. The molecule has 0 amide bonds. The molecule has 0 spiro atoms. The molecular weight excluding hydrogens is 213 g/mol. The number of halogens is 1. The molecule has 0 radical (unpaired) electrons. The van der Waals surface area contributed by atoms with Gasteiger partial charge in [0, 0.05) is 6.04 Å². The Hall–Kier alpha value is -1.98. The Morgan fingerprint density at radius 1 is 1.62 bits per heavy atom. The quantitative estimate of drug-likeness (QED) is 0.609. The molecule has 0 fully saturated rings. The van der Waals surface area contributed by atoms with Crippen LogP contribution in [0, 0.1) is 15.9 Å². The highest BCUT2D eigenvalue weighted by molar-refractivity contribution is 6.03. The van der Waals surface area contributed by atoms with Crippen molar-refractivity contribution in [3.8, 4) is 0 Å². The van der Waals surface area contributed by atoms with Gasteiger partial charge in [0.1, 0.15) is 11.7 Å². The topological polar surface area (TPSA) is 67.5 Å². The summed E-state index contributed by atoms with van der Waals surface area (Å²) in [7, 11) is 0. The number of rotatable bonds is 2. The maximum atomic E-state index is 12.9. The number of nitrogens with zero attached hydrogens (tertiary/aromatic N) is 2. The first kappa shape index (κ1) is 10.5. The number of aliphatic imine (C=N–C) groups is 1. The molecule has 84 valence electrons. The summed E-state index contributed by atoms with van der Waals surface area (Å²) in [4.78, 5) is 14.3. The first-order chi connectivity index (χ1) is 7.58. The van der Waals surface area contributed by atoms with Gasteiger partial charge in [0.2, 0.25) is 0 Å². The van der Waals surface area contributed by atoms with Gasteiger partial charge in [0.05, 0.1) is 23.1 Å². The summed E-state index contributed by atoms with van der Waals surface area (Å²) in [6.07, 6.45) is 0. The van der Waals surface area contributed by atoms with Crippen LogP contribution in [0.1, 0.15) is 12.5 Å². The number of nitro groups is 1. The molecule has 6 heteroatoms. The number of nitrogens with one attached hydrogen (secondary N) is 1. The van der Waals surface area contributed by atoms with E-state index in [-0.39, 0.29) is 11.7 Å². The SMILES string of the molecule is CC1CN=C(c2ccc(F)cc2[N+](=O)[O-])N1. The van der Waals surface area contributed by atoms with E-state index >= 15 is 0 Å². The molecule has 5 nitrogen and oxygen atoms in total. The lowest BCUT2D eigenvalue weighted by Gasteiger charge is -2.06. The van der Waals surface area contributed by atoms with Crippen LogP contribution in [0.15, 0.2) is 23.2 Å². The maximum Gasteiger partial charge on any atom is 0.283 e. The fraction of sp³-hybridized carbons (Fsp3) is 0.300. The maximum absolute atomic E-state index is 12.9. The number of hydrogen-bond donors (Lipinski definition) is 1. The molecule has 0 aromatic heterocycles. The van der Waals surface area contributed by atoms with Crippen molar-refractivity contribution < 1.29 is 9.31 Å². The zero-order valence-electron chi connectivity index (χ0n) is 8.61. The van der Waals surface area contributed by atoms with Crippen LogP contribution in [0.2, 0.25) is 0 Å². The van der Waals surface area contributed by atoms with E-state index in [4.69, 9.17) is 0 Å². The van der Waals surface area contributed by atoms with Gasteiger partial charge in [-0.05, 0) is 19.1 Å². The van der Waals surface area contributed by atoms with E-state index in [2.05, 4.69) is 10.3 Å². The molecule has 1 aliphatic rings. The Kier molecular flexibility index (Phi) is 2.55. The molecule has 0 saturated heterocycles. The second-order valence-corrected chi connectivity index (χ2v) is 3.65. The molecule has 1 atom stereocenters. The first-order valence-corrected chi connectivity index (χ1v) is 4.83. The number of hydrogen-bond acceptors (Lipinski definition) is 4. The molecule has 1 aliphatic heterocycles. The van der Waals surface area contributed by atoms with Crippen LogP contribution in [0.5, 0.6) is 0 Å². The van der Waals surface area contributed by atoms with Crippen LogP contribution in [0.3, 0.4) is 0 Å².